The maximum absolute atomic E-state index is 15.7. The summed E-state index contributed by atoms with van der Waals surface area (Å²) in [5.41, 5.74) is 4.44. The summed E-state index contributed by atoms with van der Waals surface area (Å²) in [6.45, 7) is 5.26. The monoisotopic (exact) mass is 831 g/mol. The Labute approximate surface area is 342 Å². The quantitative estimate of drug-likeness (QED) is 0.178. The zero-order chi connectivity index (χ0) is 41.4. The van der Waals surface area contributed by atoms with Gasteiger partial charge in [0.2, 0.25) is 33.2 Å². The number of H-pyrrole nitrogens is 1. The van der Waals surface area contributed by atoms with Crippen LogP contribution in [0, 0.1) is 5.82 Å². The van der Waals surface area contributed by atoms with E-state index in [0.717, 1.165) is 34.4 Å². The lowest BCUT2D eigenvalue weighted by atomic mass is 9.95. The van der Waals surface area contributed by atoms with Crippen molar-refractivity contribution in [3.05, 3.63) is 96.3 Å². The molecule has 3 saturated heterocycles. The predicted octanol–water partition coefficient (Wildman–Crippen LogP) is 4.89. The van der Waals surface area contributed by atoms with Crippen LogP contribution in [0.15, 0.2) is 89.2 Å². The Morgan fingerprint density at radius 1 is 0.950 bits per heavy atom. The third kappa shape index (κ3) is 6.18. The molecule has 2 atom stereocenters. The first-order chi connectivity index (χ1) is 28.9. The smallest absolute Gasteiger partial charge is 0.273 e. The van der Waals surface area contributed by atoms with Gasteiger partial charge in [-0.05, 0) is 86.8 Å². The van der Waals surface area contributed by atoms with E-state index in [0.29, 0.717) is 47.7 Å². The summed E-state index contributed by atoms with van der Waals surface area (Å²) in [6, 6.07) is 16.3. The fourth-order valence-corrected chi connectivity index (χ4v) is 9.86. The molecule has 0 bridgehead atoms. The fourth-order valence-electron chi connectivity index (χ4n) is 8.55. The Morgan fingerprint density at radius 3 is 2.52 bits per heavy atom. The normalized spacial score (nSPS) is 19.0. The number of nitrogens with zero attached hydrogens (tertiary/aromatic N) is 9. The number of sulfone groups is 1. The lowest BCUT2D eigenvalue weighted by Gasteiger charge is -2.49. The maximum atomic E-state index is 15.7. The SMILES string of the molecule is CC(C)Oc1c(-c2cn[nH]c2)ncn2nc(Nc3ccc(S(=O)(=O)c4cccc(N5CCC6C5CN6c5ccc6c(c5)CN(N5C(=O)CCCC5=O)C6=O)c4)cc3F)nc12. The number of piperidine rings is 1. The number of carbonyl (C=O) groups excluding carboxylic acids is 3. The molecule has 3 aromatic heterocycles. The van der Waals surface area contributed by atoms with Gasteiger partial charge in [0.05, 0.1) is 46.4 Å². The Morgan fingerprint density at radius 2 is 1.75 bits per heavy atom. The molecular weight excluding hydrogens is 794 g/mol. The van der Waals surface area contributed by atoms with Crippen LogP contribution in [0.5, 0.6) is 5.75 Å². The van der Waals surface area contributed by atoms with Crippen molar-refractivity contribution < 1.29 is 31.9 Å². The number of hydrazine groups is 1. The number of halogens is 1. The lowest BCUT2D eigenvalue weighted by molar-refractivity contribution is -0.163. The zero-order valence-corrected chi connectivity index (χ0v) is 33.3. The summed E-state index contributed by atoms with van der Waals surface area (Å²) >= 11 is 0. The molecule has 60 heavy (non-hydrogen) atoms. The first-order valence-electron chi connectivity index (χ1n) is 19.6. The molecule has 0 saturated carbocycles. The minimum atomic E-state index is -4.11. The van der Waals surface area contributed by atoms with E-state index in [4.69, 9.17) is 4.74 Å². The Bertz CT molecular complexity index is 2830. The van der Waals surface area contributed by atoms with E-state index in [-0.39, 0.29) is 76.7 Å². The average molecular weight is 832 g/mol. The Kier molecular flexibility index (Phi) is 8.81. The van der Waals surface area contributed by atoms with E-state index in [1.165, 1.54) is 34.1 Å². The van der Waals surface area contributed by atoms with E-state index >= 15 is 4.39 Å². The molecule has 306 valence electrons. The number of hydrogen-bond acceptors (Lipinski definition) is 13. The van der Waals surface area contributed by atoms with Crippen molar-refractivity contribution in [3.63, 3.8) is 0 Å². The number of rotatable bonds is 10. The number of ether oxygens (including phenoxy) is 1. The summed E-state index contributed by atoms with van der Waals surface area (Å²) in [6.07, 6.45) is 6.33. The minimum Gasteiger partial charge on any atom is -0.485 e. The highest BCUT2D eigenvalue weighted by Gasteiger charge is 2.48. The first kappa shape index (κ1) is 37.4. The molecule has 2 unspecified atom stereocenters. The van der Waals surface area contributed by atoms with Crippen molar-refractivity contribution in [2.24, 2.45) is 0 Å². The summed E-state index contributed by atoms with van der Waals surface area (Å²) in [5.74, 6) is -1.46. The molecule has 3 fully saturated rings. The number of imide groups is 1. The van der Waals surface area contributed by atoms with Gasteiger partial charge in [-0.25, -0.2) is 22.8 Å². The van der Waals surface area contributed by atoms with Gasteiger partial charge < -0.3 is 19.9 Å². The number of fused-ring (bicyclic) bond motifs is 3. The molecule has 4 aliphatic heterocycles. The van der Waals surface area contributed by atoms with Crippen LogP contribution < -0.4 is 19.9 Å². The molecule has 19 heteroatoms. The second-order valence-electron chi connectivity index (χ2n) is 15.5. The molecule has 0 spiro atoms. The third-order valence-corrected chi connectivity index (χ3v) is 13.2. The van der Waals surface area contributed by atoms with Crippen molar-refractivity contribution >= 4 is 56.2 Å². The zero-order valence-electron chi connectivity index (χ0n) is 32.4. The van der Waals surface area contributed by atoms with Crippen LogP contribution in [0.2, 0.25) is 0 Å². The van der Waals surface area contributed by atoms with Gasteiger partial charge in [0.15, 0.2) is 5.75 Å². The van der Waals surface area contributed by atoms with Gasteiger partial charge >= 0.3 is 0 Å². The van der Waals surface area contributed by atoms with Gasteiger partial charge in [0.1, 0.15) is 17.8 Å². The summed E-state index contributed by atoms with van der Waals surface area (Å²) in [4.78, 5) is 51.6. The lowest BCUT2D eigenvalue weighted by Crippen LogP contribution is -2.62. The van der Waals surface area contributed by atoms with Crippen molar-refractivity contribution in [2.45, 2.75) is 74.1 Å². The average Bonchev–Trinajstić information content (AvgIpc) is 4.02. The number of anilines is 4. The van der Waals surface area contributed by atoms with Crippen LogP contribution in [0.3, 0.4) is 0 Å². The van der Waals surface area contributed by atoms with E-state index in [2.05, 4.69) is 40.4 Å². The van der Waals surface area contributed by atoms with Crippen LogP contribution in [-0.4, -0.2) is 97.2 Å². The van der Waals surface area contributed by atoms with Gasteiger partial charge in [-0.3, -0.25) is 19.5 Å². The number of hydrogen-bond donors (Lipinski definition) is 2. The molecule has 10 rings (SSSR count). The summed E-state index contributed by atoms with van der Waals surface area (Å²) < 4.78 is 51.0. The maximum Gasteiger partial charge on any atom is 0.273 e. The van der Waals surface area contributed by atoms with Crippen LogP contribution in [0.25, 0.3) is 16.9 Å². The number of amides is 3. The van der Waals surface area contributed by atoms with Crippen molar-refractivity contribution in [2.75, 3.05) is 28.2 Å². The molecule has 2 N–H and O–H groups in total. The molecule has 17 nitrogen and oxygen atoms in total. The third-order valence-electron chi connectivity index (χ3n) is 11.4. The predicted molar refractivity (Wildman–Crippen MR) is 215 cm³/mol. The molecule has 3 aromatic carbocycles. The second-order valence-corrected chi connectivity index (χ2v) is 17.4. The van der Waals surface area contributed by atoms with Crippen molar-refractivity contribution in [1.29, 1.82) is 0 Å². The topological polar surface area (TPSA) is 191 Å². The second kappa shape index (κ2) is 14.1. The van der Waals surface area contributed by atoms with Crippen LogP contribution in [0.1, 0.15) is 55.5 Å². The van der Waals surface area contributed by atoms with Crippen LogP contribution in [0.4, 0.5) is 27.4 Å². The van der Waals surface area contributed by atoms with E-state index in [1.807, 2.05) is 32.0 Å². The van der Waals surface area contributed by atoms with Gasteiger partial charge in [-0.1, -0.05) is 6.07 Å². The van der Waals surface area contributed by atoms with E-state index < -0.39 is 15.7 Å². The van der Waals surface area contributed by atoms with Crippen LogP contribution >= 0.6 is 0 Å². The van der Waals surface area contributed by atoms with Gasteiger partial charge in [0.25, 0.3) is 5.91 Å². The highest BCUT2D eigenvalue weighted by atomic mass is 32.2. The number of benzene rings is 3. The van der Waals surface area contributed by atoms with Crippen LogP contribution in [-0.2, 0) is 26.0 Å². The van der Waals surface area contributed by atoms with Gasteiger partial charge in [-0.15, -0.1) is 5.10 Å². The molecule has 0 radical (unpaired) electrons. The van der Waals surface area contributed by atoms with Crippen molar-refractivity contribution in [1.82, 2.24) is 39.8 Å². The molecule has 6 aromatic rings. The molecule has 0 aliphatic carbocycles. The molecule has 4 aliphatic rings. The number of aromatic nitrogens is 6. The van der Waals surface area contributed by atoms with E-state index in [9.17, 15) is 22.8 Å². The highest BCUT2D eigenvalue weighted by Crippen LogP contribution is 2.41. The number of aromatic amines is 1. The summed E-state index contributed by atoms with van der Waals surface area (Å²) in [7, 11) is -4.11. The molecule has 7 heterocycles. The summed E-state index contributed by atoms with van der Waals surface area (Å²) in [5, 5.41) is 16.3. The van der Waals surface area contributed by atoms with Gasteiger partial charge in [0, 0.05) is 54.6 Å². The molecular formula is C41H38FN11O6S. The van der Waals surface area contributed by atoms with Crippen molar-refractivity contribution in [3.8, 4) is 17.0 Å². The number of nitrogens with one attached hydrogen (secondary N) is 2. The Hall–Kier alpha value is -6.89. The van der Waals surface area contributed by atoms with E-state index in [1.54, 1.807) is 30.6 Å². The largest absolute Gasteiger partial charge is 0.485 e. The fraction of sp³-hybridized carbons (Fsp3) is 0.293. The standard InChI is InChI=1S/C41H38FN11O6S/c1-23(2)59-38-37(25-18-44-45-19-25)43-22-51-39(38)47-41(48-51)46-32-12-10-29(17-31(32)42)60(57,58)28-6-3-5-26(16-28)49-14-13-33-34(49)21-50(33)27-9-11-30-24(15-27)20-52(40(30)56)53-35(54)7-4-8-36(53)55/h3,5-6,9-12,15-19,22-23,33-34H,4,7-8,13-14,20-21H2,1-2H3,(H,44,45)(H,46,48). The Balaban J connectivity index is 0.833. The number of carbonyl (C=O) groups is 3. The highest BCUT2D eigenvalue weighted by molar-refractivity contribution is 7.91. The minimum absolute atomic E-state index is 0.0231. The first-order valence-corrected chi connectivity index (χ1v) is 21.1. The molecule has 3 amide bonds. The van der Waals surface area contributed by atoms with Gasteiger partial charge in [-0.2, -0.15) is 19.6 Å².